The smallest absolute Gasteiger partial charge is 0.241 e. The zero-order valence-corrected chi connectivity index (χ0v) is 13.9. The Hall–Kier alpha value is -1.51. The maximum absolute atomic E-state index is 12.4. The largest absolute Gasteiger partial charge is 0.345 e. The second-order valence-corrected chi connectivity index (χ2v) is 7.53. The van der Waals surface area contributed by atoms with Crippen molar-refractivity contribution in [2.45, 2.75) is 12.0 Å². The third-order valence-electron chi connectivity index (χ3n) is 4.70. The Kier molecular flexibility index (Phi) is 3.39. The first kappa shape index (κ1) is 14.1. The highest BCUT2D eigenvalue weighted by molar-refractivity contribution is 7.13. The molecule has 6 nitrogen and oxygen atoms in total. The van der Waals surface area contributed by atoms with Gasteiger partial charge in [-0.2, -0.15) is 11.3 Å². The van der Waals surface area contributed by atoms with E-state index in [2.05, 4.69) is 27.0 Å². The van der Waals surface area contributed by atoms with Gasteiger partial charge in [0.15, 0.2) is 0 Å². The molecular formula is C14H17N5OS2. The Balaban J connectivity index is 1.59. The Labute approximate surface area is 137 Å². The van der Waals surface area contributed by atoms with Crippen LogP contribution in [0.2, 0.25) is 0 Å². The molecule has 2 aliphatic heterocycles. The highest BCUT2D eigenvalue weighted by Crippen LogP contribution is 2.36. The van der Waals surface area contributed by atoms with E-state index >= 15 is 0 Å². The molecule has 4 rings (SSSR count). The van der Waals surface area contributed by atoms with Gasteiger partial charge in [0.1, 0.15) is 5.51 Å². The molecule has 1 atom stereocenters. The average molecular weight is 335 g/mol. The summed E-state index contributed by atoms with van der Waals surface area (Å²) in [5, 5.41) is 13.2. The van der Waals surface area contributed by atoms with Crippen LogP contribution in [0.3, 0.4) is 0 Å². The topological polar surface area (TPSA) is 52.6 Å². The lowest BCUT2D eigenvalue weighted by molar-refractivity contribution is -0.123. The Bertz CT molecular complexity index is 659. The molecule has 8 heteroatoms. The maximum Gasteiger partial charge on any atom is 0.241 e. The van der Waals surface area contributed by atoms with Gasteiger partial charge in [-0.25, -0.2) is 0 Å². The van der Waals surface area contributed by atoms with Crippen molar-refractivity contribution in [1.82, 2.24) is 15.1 Å². The van der Waals surface area contributed by atoms with Gasteiger partial charge in [-0.05, 0) is 24.9 Å². The number of thiophene rings is 1. The summed E-state index contributed by atoms with van der Waals surface area (Å²) in [6.07, 6.45) is 1.04. The fourth-order valence-electron chi connectivity index (χ4n) is 3.37. The molecule has 1 unspecified atom stereocenters. The van der Waals surface area contributed by atoms with Gasteiger partial charge < -0.3 is 9.80 Å². The normalized spacial score (nSPS) is 26.3. The van der Waals surface area contributed by atoms with Gasteiger partial charge in [0.2, 0.25) is 11.0 Å². The summed E-state index contributed by atoms with van der Waals surface area (Å²) >= 11 is 3.21. The van der Waals surface area contributed by atoms with Gasteiger partial charge in [0, 0.05) is 25.0 Å². The zero-order valence-electron chi connectivity index (χ0n) is 12.3. The first-order valence-electron chi connectivity index (χ1n) is 7.23. The van der Waals surface area contributed by atoms with Crippen molar-refractivity contribution >= 4 is 39.4 Å². The summed E-state index contributed by atoms with van der Waals surface area (Å²) in [7, 11) is 2.06. The predicted octanol–water partition coefficient (Wildman–Crippen LogP) is 1.53. The lowest BCUT2D eigenvalue weighted by atomic mass is 9.93. The van der Waals surface area contributed by atoms with Crippen LogP contribution in [-0.4, -0.2) is 59.8 Å². The van der Waals surface area contributed by atoms with E-state index in [4.69, 9.17) is 0 Å². The van der Waals surface area contributed by atoms with Gasteiger partial charge in [-0.3, -0.25) is 9.69 Å². The molecule has 1 spiro atoms. The van der Waals surface area contributed by atoms with Gasteiger partial charge >= 0.3 is 0 Å². The molecular weight excluding hydrogens is 318 g/mol. The Morgan fingerprint density at radius 3 is 3.00 bits per heavy atom. The number of anilines is 2. The lowest BCUT2D eigenvalue weighted by Gasteiger charge is -2.46. The van der Waals surface area contributed by atoms with Crippen molar-refractivity contribution in [3.8, 4) is 0 Å². The van der Waals surface area contributed by atoms with E-state index in [9.17, 15) is 4.79 Å². The summed E-state index contributed by atoms with van der Waals surface area (Å²) in [4.78, 5) is 18.9. The number of carbonyl (C=O) groups excluding carboxylic acids is 1. The van der Waals surface area contributed by atoms with Crippen LogP contribution < -0.4 is 9.80 Å². The number of nitrogens with zero attached hydrogens (tertiary/aromatic N) is 5. The van der Waals surface area contributed by atoms with E-state index in [-0.39, 0.29) is 11.4 Å². The van der Waals surface area contributed by atoms with Crippen LogP contribution in [0.25, 0.3) is 0 Å². The number of hydrogen-bond acceptors (Lipinski definition) is 7. The van der Waals surface area contributed by atoms with Crippen molar-refractivity contribution in [1.29, 1.82) is 0 Å². The van der Waals surface area contributed by atoms with Gasteiger partial charge in [0.05, 0.1) is 17.8 Å². The number of aromatic nitrogens is 2. The number of carbonyl (C=O) groups is 1. The van der Waals surface area contributed by atoms with Crippen LogP contribution in [0, 0.1) is 0 Å². The molecule has 4 heterocycles. The molecule has 2 aliphatic rings. The molecule has 0 bridgehead atoms. The molecule has 0 aromatic carbocycles. The number of likely N-dealkylation sites (N-methyl/N-ethyl adjacent to an activating group) is 1. The number of rotatable bonds is 2. The minimum Gasteiger partial charge on any atom is -0.345 e. The average Bonchev–Trinajstić information content (AvgIpc) is 3.23. The molecule has 0 aliphatic carbocycles. The van der Waals surface area contributed by atoms with Gasteiger partial charge in [-0.15, -0.1) is 10.2 Å². The monoisotopic (exact) mass is 335 g/mol. The molecule has 2 aromatic heterocycles. The van der Waals surface area contributed by atoms with E-state index in [0.29, 0.717) is 6.54 Å². The standard InChI is InChI=1S/C14H17N5OS2/c1-17-6-12(20)19(11-2-5-21-7-11)9-14(17)3-4-18(8-14)13-16-15-10-22-13/h2,5,7,10H,3-4,6,8-9H2,1H3. The molecule has 1 amide bonds. The summed E-state index contributed by atoms with van der Waals surface area (Å²) in [6, 6.07) is 2.03. The summed E-state index contributed by atoms with van der Waals surface area (Å²) in [5.41, 5.74) is 2.80. The summed E-state index contributed by atoms with van der Waals surface area (Å²) in [6.45, 7) is 3.08. The minimum absolute atomic E-state index is 0.00150. The molecule has 2 saturated heterocycles. The summed E-state index contributed by atoms with van der Waals surface area (Å²) < 4.78 is 0. The Morgan fingerprint density at radius 1 is 1.36 bits per heavy atom. The Morgan fingerprint density at radius 2 is 2.27 bits per heavy atom. The second-order valence-electron chi connectivity index (χ2n) is 5.93. The third kappa shape index (κ3) is 2.22. The molecule has 0 radical (unpaired) electrons. The molecule has 2 aromatic rings. The van der Waals surface area contributed by atoms with Crippen LogP contribution in [0.5, 0.6) is 0 Å². The molecule has 0 N–H and O–H groups in total. The first-order valence-corrected chi connectivity index (χ1v) is 9.05. The quantitative estimate of drug-likeness (QED) is 0.833. The zero-order chi connectivity index (χ0) is 15.2. The fraction of sp³-hybridized carbons (Fsp3) is 0.500. The van der Waals surface area contributed by atoms with Crippen LogP contribution in [0.1, 0.15) is 6.42 Å². The molecule has 2 fully saturated rings. The van der Waals surface area contributed by atoms with Crippen molar-refractivity contribution in [2.75, 3.05) is 43.0 Å². The third-order valence-corrected chi connectivity index (χ3v) is 6.13. The first-order chi connectivity index (χ1) is 10.7. The van der Waals surface area contributed by atoms with Crippen LogP contribution >= 0.6 is 22.7 Å². The van der Waals surface area contributed by atoms with Crippen molar-refractivity contribution in [2.24, 2.45) is 0 Å². The number of piperazine rings is 1. The SMILES string of the molecule is CN1CC(=O)N(c2ccsc2)CC12CCN(c1nncs1)C2. The highest BCUT2D eigenvalue weighted by Gasteiger charge is 2.48. The highest BCUT2D eigenvalue weighted by atomic mass is 32.1. The van der Waals surface area contributed by atoms with Crippen molar-refractivity contribution in [3.63, 3.8) is 0 Å². The van der Waals surface area contributed by atoms with E-state index < -0.39 is 0 Å². The predicted molar refractivity (Wildman–Crippen MR) is 88.8 cm³/mol. The number of amides is 1. The molecule has 0 saturated carbocycles. The van der Waals surface area contributed by atoms with Crippen molar-refractivity contribution in [3.05, 3.63) is 22.3 Å². The van der Waals surface area contributed by atoms with Crippen molar-refractivity contribution < 1.29 is 4.79 Å². The molecule has 116 valence electrons. The van der Waals surface area contributed by atoms with E-state index in [1.54, 1.807) is 28.2 Å². The minimum atomic E-state index is 0.00150. The fourth-order valence-corrected chi connectivity index (χ4v) is 4.60. The lowest BCUT2D eigenvalue weighted by Crippen LogP contribution is -2.64. The van der Waals surface area contributed by atoms with E-state index in [1.165, 1.54) is 0 Å². The summed E-state index contributed by atoms with van der Waals surface area (Å²) in [5.74, 6) is 0.181. The number of hydrogen-bond donors (Lipinski definition) is 0. The van der Waals surface area contributed by atoms with Crippen LogP contribution in [-0.2, 0) is 4.79 Å². The molecule has 22 heavy (non-hydrogen) atoms. The van der Waals surface area contributed by atoms with E-state index in [1.807, 2.05) is 21.7 Å². The van der Waals surface area contributed by atoms with Gasteiger partial charge in [-0.1, -0.05) is 11.3 Å². The maximum atomic E-state index is 12.4. The van der Waals surface area contributed by atoms with Gasteiger partial charge in [0.25, 0.3) is 0 Å². The van der Waals surface area contributed by atoms with Crippen LogP contribution in [0.4, 0.5) is 10.8 Å². The second kappa shape index (κ2) is 5.29. The van der Waals surface area contributed by atoms with Crippen LogP contribution in [0.15, 0.2) is 22.3 Å². The van der Waals surface area contributed by atoms with E-state index in [0.717, 1.165) is 36.9 Å².